The van der Waals surface area contributed by atoms with Crippen molar-refractivity contribution in [2.45, 2.75) is 31.9 Å². The molecule has 6 heteroatoms. The molecule has 0 aromatic rings. The highest BCUT2D eigenvalue weighted by Gasteiger charge is 2.27. The van der Waals surface area contributed by atoms with E-state index in [2.05, 4.69) is 5.32 Å². The normalized spacial score (nSPS) is 21.8. The fourth-order valence-corrected chi connectivity index (χ4v) is 1.79. The molecule has 1 amide bonds. The molecule has 1 saturated heterocycles. The molecule has 1 fully saturated rings. The van der Waals surface area contributed by atoms with Crippen LogP contribution in [0.5, 0.6) is 0 Å². The largest absolute Gasteiger partial charge is 0.405 e. The van der Waals surface area contributed by atoms with Crippen molar-refractivity contribution in [2.75, 3.05) is 19.6 Å². The predicted octanol–water partition coefficient (Wildman–Crippen LogP) is 1.44. The van der Waals surface area contributed by atoms with Crippen LogP contribution in [0, 0.1) is 5.92 Å². The molecular weight excluding hydrogens is 221 g/mol. The number of hydrogen-bond acceptors (Lipinski definition) is 2. The van der Waals surface area contributed by atoms with E-state index >= 15 is 0 Å². The van der Waals surface area contributed by atoms with Gasteiger partial charge in [0.15, 0.2) is 0 Å². The maximum atomic E-state index is 11.8. The molecule has 0 aromatic carbocycles. The quantitative estimate of drug-likeness (QED) is 0.778. The van der Waals surface area contributed by atoms with Gasteiger partial charge in [-0.25, -0.2) is 0 Å². The van der Waals surface area contributed by atoms with Crippen molar-refractivity contribution in [3.05, 3.63) is 0 Å². The summed E-state index contributed by atoms with van der Waals surface area (Å²) in [5.74, 6) is -0.0896. The summed E-state index contributed by atoms with van der Waals surface area (Å²) in [5.41, 5.74) is 0. The minimum atomic E-state index is -4.32. The molecule has 3 nitrogen and oxygen atoms in total. The Morgan fingerprint density at radius 2 is 2.19 bits per heavy atom. The molecule has 2 N–H and O–H groups in total. The molecule has 0 aliphatic carbocycles. The van der Waals surface area contributed by atoms with Crippen LogP contribution in [-0.2, 0) is 4.79 Å². The Morgan fingerprint density at radius 3 is 2.75 bits per heavy atom. The van der Waals surface area contributed by atoms with E-state index in [1.54, 1.807) is 0 Å². The van der Waals surface area contributed by atoms with Gasteiger partial charge < -0.3 is 10.6 Å². The third-order valence-electron chi connectivity index (χ3n) is 2.66. The molecule has 0 radical (unpaired) electrons. The first-order chi connectivity index (χ1) is 7.47. The molecule has 16 heavy (non-hydrogen) atoms. The minimum Gasteiger partial charge on any atom is -0.347 e. The SMILES string of the molecule is O=C(CCC1CCCNC1)NCC(F)(F)F. The first-order valence-electron chi connectivity index (χ1n) is 5.51. The van der Waals surface area contributed by atoms with E-state index in [0.29, 0.717) is 12.3 Å². The maximum Gasteiger partial charge on any atom is 0.405 e. The summed E-state index contributed by atoms with van der Waals surface area (Å²) in [6.07, 6.45) is -1.34. The fourth-order valence-electron chi connectivity index (χ4n) is 1.79. The first-order valence-corrected chi connectivity index (χ1v) is 5.51. The second-order valence-electron chi connectivity index (χ2n) is 4.14. The number of piperidine rings is 1. The Bertz CT molecular complexity index is 225. The van der Waals surface area contributed by atoms with Gasteiger partial charge in [0.05, 0.1) is 0 Å². The van der Waals surface area contributed by atoms with Gasteiger partial charge in [0.25, 0.3) is 0 Å². The topological polar surface area (TPSA) is 41.1 Å². The van der Waals surface area contributed by atoms with Gasteiger partial charge in [-0.1, -0.05) is 0 Å². The zero-order chi connectivity index (χ0) is 12.0. The summed E-state index contributed by atoms with van der Waals surface area (Å²) in [6.45, 7) is 0.637. The Hall–Kier alpha value is -0.780. The number of hydrogen-bond donors (Lipinski definition) is 2. The molecule has 1 unspecified atom stereocenters. The number of nitrogens with one attached hydrogen (secondary N) is 2. The summed E-state index contributed by atoms with van der Waals surface area (Å²) < 4.78 is 35.4. The Morgan fingerprint density at radius 1 is 1.44 bits per heavy atom. The predicted molar refractivity (Wildman–Crippen MR) is 53.9 cm³/mol. The van der Waals surface area contributed by atoms with E-state index < -0.39 is 18.6 Å². The van der Waals surface area contributed by atoms with Crippen LogP contribution >= 0.6 is 0 Å². The van der Waals surface area contributed by atoms with Crippen LogP contribution in [0.2, 0.25) is 0 Å². The van der Waals surface area contributed by atoms with Gasteiger partial charge in [-0.05, 0) is 38.3 Å². The molecule has 0 spiro atoms. The summed E-state index contributed by atoms with van der Waals surface area (Å²) in [4.78, 5) is 11.1. The van der Waals surface area contributed by atoms with Gasteiger partial charge in [0.2, 0.25) is 5.91 Å². The molecule has 1 atom stereocenters. The van der Waals surface area contributed by atoms with Crippen molar-refractivity contribution in [1.29, 1.82) is 0 Å². The van der Waals surface area contributed by atoms with Crippen molar-refractivity contribution in [3.63, 3.8) is 0 Å². The van der Waals surface area contributed by atoms with Crippen LogP contribution < -0.4 is 10.6 Å². The number of amides is 1. The number of carbonyl (C=O) groups is 1. The molecule has 0 bridgehead atoms. The van der Waals surface area contributed by atoms with Crippen molar-refractivity contribution >= 4 is 5.91 Å². The lowest BCUT2D eigenvalue weighted by Gasteiger charge is -2.22. The fraction of sp³-hybridized carbons (Fsp3) is 0.900. The van der Waals surface area contributed by atoms with E-state index in [1.807, 2.05) is 5.32 Å². The number of carbonyl (C=O) groups excluding carboxylic acids is 1. The molecule has 1 aliphatic rings. The van der Waals surface area contributed by atoms with Crippen LogP contribution in [-0.4, -0.2) is 31.7 Å². The number of alkyl halides is 3. The molecular formula is C10H17F3N2O. The number of rotatable bonds is 4. The summed E-state index contributed by atoms with van der Waals surface area (Å²) >= 11 is 0. The standard InChI is InChI=1S/C10H17F3N2O/c11-10(12,13)7-15-9(16)4-3-8-2-1-5-14-6-8/h8,14H,1-7H2,(H,15,16). The smallest absolute Gasteiger partial charge is 0.347 e. The van der Waals surface area contributed by atoms with Crippen LogP contribution in [0.15, 0.2) is 0 Å². The number of halogens is 3. The van der Waals surface area contributed by atoms with Gasteiger partial charge in [0.1, 0.15) is 6.54 Å². The maximum absolute atomic E-state index is 11.8. The molecule has 0 saturated carbocycles. The highest BCUT2D eigenvalue weighted by molar-refractivity contribution is 5.75. The molecule has 94 valence electrons. The van der Waals surface area contributed by atoms with Gasteiger partial charge in [-0.2, -0.15) is 13.2 Å². The Kier molecular flexibility index (Phi) is 5.05. The first kappa shape index (κ1) is 13.3. The van der Waals surface area contributed by atoms with Crippen LogP contribution in [0.25, 0.3) is 0 Å². The lowest BCUT2D eigenvalue weighted by Crippen LogP contribution is -2.35. The molecule has 0 aromatic heterocycles. The average molecular weight is 238 g/mol. The highest BCUT2D eigenvalue weighted by Crippen LogP contribution is 2.16. The van der Waals surface area contributed by atoms with Crippen molar-refractivity contribution < 1.29 is 18.0 Å². The molecule has 1 aliphatic heterocycles. The lowest BCUT2D eigenvalue weighted by atomic mass is 9.94. The van der Waals surface area contributed by atoms with Gasteiger partial charge in [0, 0.05) is 6.42 Å². The molecule has 1 heterocycles. The monoisotopic (exact) mass is 238 g/mol. The van der Waals surface area contributed by atoms with Crippen molar-refractivity contribution in [2.24, 2.45) is 5.92 Å². The van der Waals surface area contributed by atoms with Gasteiger partial charge >= 0.3 is 6.18 Å². The van der Waals surface area contributed by atoms with E-state index in [-0.39, 0.29) is 6.42 Å². The lowest BCUT2D eigenvalue weighted by molar-refractivity contribution is -0.138. The Labute approximate surface area is 92.8 Å². The van der Waals surface area contributed by atoms with E-state index in [4.69, 9.17) is 0 Å². The highest BCUT2D eigenvalue weighted by atomic mass is 19.4. The van der Waals surface area contributed by atoms with E-state index in [9.17, 15) is 18.0 Å². The van der Waals surface area contributed by atoms with Crippen LogP contribution in [0.3, 0.4) is 0 Å². The van der Waals surface area contributed by atoms with E-state index in [1.165, 1.54) is 0 Å². The zero-order valence-corrected chi connectivity index (χ0v) is 9.07. The Balaban J connectivity index is 2.09. The third-order valence-corrected chi connectivity index (χ3v) is 2.66. The van der Waals surface area contributed by atoms with Gasteiger partial charge in [-0.15, -0.1) is 0 Å². The van der Waals surface area contributed by atoms with Crippen LogP contribution in [0.1, 0.15) is 25.7 Å². The third kappa shape index (κ3) is 5.95. The summed E-state index contributed by atoms with van der Waals surface area (Å²) in [6, 6.07) is 0. The zero-order valence-electron chi connectivity index (χ0n) is 9.07. The van der Waals surface area contributed by atoms with Gasteiger partial charge in [-0.3, -0.25) is 4.79 Å². The average Bonchev–Trinajstić information content (AvgIpc) is 2.24. The molecule has 1 rings (SSSR count). The minimum absolute atomic E-state index is 0.183. The van der Waals surface area contributed by atoms with E-state index in [0.717, 1.165) is 25.9 Å². The summed E-state index contributed by atoms with van der Waals surface area (Å²) in [5, 5.41) is 5.08. The second kappa shape index (κ2) is 6.08. The second-order valence-corrected chi connectivity index (χ2v) is 4.14. The van der Waals surface area contributed by atoms with Crippen molar-refractivity contribution in [3.8, 4) is 0 Å². The van der Waals surface area contributed by atoms with Crippen LogP contribution in [0.4, 0.5) is 13.2 Å². The van der Waals surface area contributed by atoms with Crippen molar-refractivity contribution in [1.82, 2.24) is 10.6 Å². The summed E-state index contributed by atoms with van der Waals surface area (Å²) in [7, 11) is 0.